The van der Waals surface area contributed by atoms with Gasteiger partial charge in [0.15, 0.2) is 11.5 Å². The van der Waals surface area contributed by atoms with E-state index in [-0.39, 0.29) is 19.8 Å². The van der Waals surface area contributed by atoms with E-state index in [2.05, 4.69) is 10.4 Å². The third kappa shape index (κ3) is 8.43. The summed E-state index contributed by atoms with van der Waals surface area (Å²) in [5.74, 6) is -1.65. The molecule has 1 aromatic carbocycles. The summed E-state index contributed by atoms with van der Waals surface area (Å²) in [6, 6.07) is 2.40. The van der Waals surface area contributed by atoms with Crippen LogP contribution in [0.15, 0.2) is 17.0 Å². The number of carbonyl (C=O) groups excluding carboxylic acids is 1. The average molecular weight is 581 g/mol. The van der Waals surface area contributed by atoms with Crippen LogP contribution in [0.4, 0.5) is 32.2 Å². The van der Waals surface area contributed by atoms with E-state index in [0.29, 0.717) is 23.4 Å². The minimum Gasteiger partial charge on any atom is -0.382 e. The van der Waals surface area contributed by atoms with Crippen LogP contribution in [0.5, 0.6) is 0 Å². The highest BCUT2D eigenvalue weighted by Gasteiger charge is 2.37. The van der Waals surface area contributed by atoms with Gasteiger partial charge >= 0.3 is 11.7 Å². The number of methoxy groups -OCH3 is 1. The minimum atomic E-state index is -4.91. The van der Waals surface area contributed by atoms with E-state index in [1.54, 1.807) is 0 Å². The highest BCUT2D eigenvalue weighted by Crippen LogP contribution is 2.45. The van der Waals surface area contributed by atoms with Gasteiger partial charge < -0.3 is 19.5 Å². The van der Waals surface area contributed by atoms with Crippen molar-refractivity contribution in [1.82, 2.24) is 9.78 Å². The largest absolute Gasteiger partial charge is 0.446 e. The van der Waals surface area contributed by atoms with Crippen molar-refractivity contribution in [2.24, 2.45) is 0 Å². The molecule has 0 aliphatic rings. The third-order valence-corrected chi connectivity index (χ3v) is 5.41. The number of benzene rings is 1. The highest BCUT2D eigenvalue weighted by atomic mass is 35.5. The summed E-state index contributed by atoms with van der Waals surface area (Å²) in [5.41, 5.74) is -7.42. The number of ether oxygens (including phenoxy) is 3. The molecule has 0 unspecified atom stereocenters. The van der Waals surface area contributed by atoms with Crippen LogP contribution in [0.1, 0.15) is 11.3 Å². The number of carbonyl (C=O) groups is 1. The van der Waals surface area contributed by atoms with Crippen molar-refractivity contribution in [1.29, 1.82) is 5.26 Å². The standard InChI is InChI=1S/C19H16Cl2F6N4O4S/c1-33-2-3-34-4-5-35-9-14(32)29-17-16(36-19(25,26)27)13(8-28)30-31(17)15-11(20)6-10(7-12(15)21)18(22,23)24/h6-7H,2-5,9H2,1H3,(H,29,32). The molecule has 0 bridgehead atoms. The smallest absolute Gasteiger partial charge is 0.382 e. The molecule has 1 aromatic heterocycles. The fourth-order valence-electron chi connectivity index (χ4n) is 2.59. The van der Waals surface area contributed by atoms with E-state index >= 15 is 0 Å². The molecule has 1 heterocycles. The van der Waals surface area contributed by atoms with Gasteiger partial charge in [-0.1, -0.05) is 23.2 Å². The number of aromatic nitrogens is 2. The molecule has 198 valence electrons. The van der Waals surface area contributed by atoms with E-state index < -0.39 is 73.7 Å². The lowest BCUT2D eigenvalue weighted by molar-refractivity contribution is -0.137. The maximum absolute atomic E-state index is 13.2. The molecule has 0 fully saturated rings. The maximum Gasteiger partial charge on any atom is 0.446 e. The Hall–Kier alpha value is -2.22. The lowest BCUT2D eigenvalue weighted by Crippen LogP contribution is -2.22. The minimum absolute atomic E-state index is 0.0411. The SMILES string of the molecule is COCCOCCOCC(=O)Nc1c(SC(F)(F)F)c(C#N)nn1-c1c(Cl)cc(C(F)(F)F)cc1Cl. The van der Waals surface area contributed by atoms with E-state index in [0.717, 1.165) is 0 Å². The van der Waals surface area contributed by atoms with Crippen molar-refractivity contribution in [2.45, 2.75) is 16.6 Å². The molecule has 0 radical (unpaired) electrons. The van der Waals surface area contributed by atoms with Crippen LogP contribution in [0.3, 0.4) is 0 Å². The summed E-state index contributed by atoms with van der Waals surface area (Å²) in [4.78, 5) is 11.6. The predicted molar refractivity (Wildman–Crippen MR) is 117 cm³/mol. The first-order valence-corrected chi connectivity index (χ1v) is 11.2. The number of thioether (sulfide) groups is 1. The van der Waals surface area contributed by atoms with Crippen molar-refractivity contribution in [3.05, 3.63) is 33.4 Å². The van der Waals surface area contributed by atoms with Crippen LogP contribution in [0.25, 0.3) is 5.69 Å². The van der Waals surface area contributed by atoms with Crippen molar-refractivity contribution < 1.29 is 45.3 Å². The van der Waals surface area contributed by atoms with Gasteiger partial charge in [0.05, 0.1) is 46.9 Å². The van der Waals surface area contributed by atoms with E-state index in [1.807, 2.05) is 0 Å². The molecule has 8 nitrogen and oxygen atoms in total. The Labute approximate surface area is 214 Å². The molecule has 0 saturated heterocycles. The van der Waals surface area contributed by atoms with Gasteiger partial charge in [0.1, 0.15) is 18.4 Å². The molecule has 0 saturated carbocycles. The second kappa shape index (κ2) is 12.8. The van der Waals surface area contributed by atoms with Crippen LogP contribution in [0, 0.1) is 11.3 Å². The zero-order valence-electron chi connectivity index (χ0n) is 18.1. The summed E-state index contributed by atoms with van der Waals surface area (Å²) in [7, 11) is 1.48. The van der Waals surface area contributed by atoms with Gasteiger partial charge in [-0.05, 0) is 23.9 Å². The first kappa shape index (κ1) is 30.0. The fourth-order valence-corrected chi connectivity index (χ4v) is 3.88. The molecular formula is C19H16Cl2F6N4O4S. The predicted octanol–water partition coefficient (Wildman–Crippen LogP) is 5.30. The van der Waals surface area contributed by atoms with Crippen molar-refractivity contribution in [3.8, 4) is 11.8 Å². The summed E-state index contributed by atoms with van der Waals surface area (Å²) < 4.78 is 94.4. The zero-order valence-corrected chi connectivity index (χ0v) is 20.4. The van der Waals surface area contributed by atoms with Gasteiger partial charge in [0.25, 0.3) is 5.91 Å². The molecule has 0 spiro atoms. The van der Waals surface area contributed by atoms with E-state index in [4.69, 9.17) is 37.4 Å². The molecule has 2 aromatic rings. The molecule has 0 atom stereocenters. The Bertz CT molecular complexity index is 1100. The number of halogens is 8. The van der Waals surface area contributed by atoms with E-state index in [9.17, 15) is 36.4 Å². The number of alkyl halides is 6. The topological polar surface area (TPSA) is 98.4 Å². The quantitative estimate of drug-likeness (QED) is 0.219. The molecular weight excluding hydrogens is 565 g/mol. The van der Waals surface area contributed by atoms with Crippen molar-refractivity contribution in [3.63, 3.8) is 0 Å². The van der Waals surface area contributed by atoms with Crippen LogP contribution < -0.4 is 5.32 Å². The summed E-state index contributed by atoms with van der Waals surface area (Å²) >= 11 is 11.2. The Morgan fingerprint density at radius 1 is 1.11 bits per heavy atom. The zero-order chi connectivity index (χ0) is 27.1. The first-order chi connectivity index (χ1) is 16.8. The van der Waals surface area contributed by atoms with Gasteiger partial charge in [-0.25, -0.2) is 4.68 Å². The van der Waals surface area contributed by atoms with Gasteiger partial charge in [-0.2, -0.15) is 36.7 Å². The van der Waals surface area contributed by atoms with Crippen LogP contribution >= 0.6 is 35.0 Å². The third-order valence-electron chi connectivity index (χ3n) is 4.02. The van der Waals surface area contributed by atoms with Crippen molar-refractivity contribution in [2.75, 3.05) is 45.5 Å². The summed E-state index contributed by atoms with van der Waals surface area (Å²) in [5, 5.41) is 13.8. The van der Waals surface area contributed by atoms with Crippen LogP contribution in [-0.2, 0) is 25.2 Å². The van der Waals surface area contributed by atoms with Gasteiger partial charge in [-0.3, -0.25) is 4.79 Å². The maximum atomic E-state index is 13.2. The Kier molecular flexibility index (Phi) is 10.7. The molecule has 2 rings (SSSR count). The number of rotatable bonds is 11. The average Bonchev–Trinajstić information content (AvgIpc) is 3.07. The Balaban J connectivity index is 2.41. The van der Waals surface area contributed by atoms with E-state index in [1.165, 1.54) is 13.2 Å². The second-order valence-corrected chi connectivity index (χ2v) is 8.48. The summed E-state index contributed by atoms with van der Waals surface area (Å²) in [6.45, 7) is 0.0280. The number of nitrogens with zero attached hydrogens (tertiary/aromatic N) is 3. The number of nitrogens with one attached hydrogen (secondary N) is 1. The molecule has 36 heavy (non-hydrogen) atoms. The number of anilines is 1. The van der Waals surface area contributed by atoms with Crippen LogP contribution in [-0.4, -0.2) is 61.3 Å². The van der Waals surface area contributed by atoms with Gasteiger partial charge in [0, 0.05) is 7.11 Å². The number of hydrogen-bond donors (Lipinski definition) is 1. The number of amides is 1. The molecule has 1 N–H and O–H groups in total. The van der Waals surface area contributed by atoms with Crippen LogP contribution in [0.2, 0.25) is 10.0 Å². The van der Waals surface area contributed by atoms with Gasteiger partial charge in [0.2, 0.25) is 0 Å². The molecule has 17 heteroatoms. The Morgan fingerprint density at radius 3 is 2.22 bits per heavy atom. The number of nitriles is 1. The highest BCUT2D eigenvalue weighted by molar-refractivity contribution is 8.00. The lowest BCUT2D eigenvalue weighted by Gasteiger charge is -2.16. The van der Waals surface area contributed by atoms with Gasteiger partial charge in [-0.15, -0.1) is 0 Å². The molecule has 0 aliphatic heterocycles. The van der Waals surface area contributed by atoms with Crippen molar-refractivity contribution >= 4 is 46.7 Å². The second-order valence-electron chi connectivity index (χ2n) is 6.59. The first-order valence-electron chi connectivity index (χ1n) is 9.58. The molecule has 1 amide bonds. The number of hydrogen-bond acceptors (Lipinski definition) is 7. The summed E-state index contributed by atoms with van der Waals surface area (Å²) in [6.07, 6.45) is -4.83. The monoisotopic (exact) mass is 580 g/mol. The Morgan fingerprint density at radius 2 is 1.69 bits per heavy atom. The molecule has 0 aliphatic carbocycles. The fraction of sp³-hybridized carbons (Fsp3) is 0.421. The lowest BCUT2D eigenvalue weighted by atomic mass is 10.2. The normalized spacial score (nSPS) is 12.0.